The molecule has 0 unspecified atom stereocenters. The van der Waals surface area contributed by atoms with Gasteiger partial charge in [0, 0.05) is 29.3 Å². The molecule has 0 saturated heterocycles. The third-order valence-electron chi connectivity index (χ3n) is 3.30. The summed E-state index contributed by atoms with van der Waals surface area (Å²) < 4.78 is 0.975. The van der Waals surface area contributed by atoms with Crippen molar-refractivity contribution in [2.24, 2.45) is 5.10 Å². The predicted octanol–water partition coefficient (Wildman–Crippen LogP) is 4.55. The number of thioether (sulfide) groups is 1. The summed E-state index contributed by atoms with van der Waals surface area (Å²) in [6.45, 7) is 0. The second-order valence-corrected chi connectivity index (χ2v) is 7.73. The molecule has 0 atom stereocenters. The lowest BCUT2D eigenvalue weighted by Gasteiger charge is -2.14. The summed E-state index contributed by atoms with van der Waals surface area (Å²) in [6.07, 6.45) is 1.63. The number of halogens is 2. The van der Waals surface area contributed by atoms with E-state index in [9.17, 15) is 4.79 Å². The highest BCUT2D eigenvalue weighted by atomic mass is 79.9. The van der Waals surface area contributed by atoms with Crippen LogP contribution >= 0.6 is 39.3 Å². The molecule has 0 aliphatic carbocycles. The van der Waals surface area contributed by atoms with Crippen molar-refractivity contribution in [1.82, 2.24) is 5.43 Å². The van der Waals surface area contributed by atoms with Gasteiger partial charge in [-0.25, -0.2) is 5.43 Å². The molecule has 0 aliphatic heterocycles. The van der Waals surface area contributed by atoms with Gasteiger partial charge in [0.15, 0.2) is 0 Å². The first-order valence-corrected chi connectivity index (χ1v) is 9.90. The van der Waals surface area contributed by atoms with E-state index in [4.69, 9.17) is 11.6 Å². The van der Waals surface area contributed by atoms with Crippen molar-refractivity contribution in [2.75, 3.05) is 24.7 Å². The lowest BCUT2D eigenvalue weighted by Crippen LogP contribution is -2.19. The van der Waals surface area contributed by atoms with Gasteiger partial charge >= 0.3 is 0 Å². The van der Waals surface area contributed by atoms with Crippen LogP contribution in [0.5, 0.6) is 0 Å². The second kappa shape index (κ2) is 9.85. The SMILES string of the molecule is CN(C)c1ccc(/C=N\NC(=O)CSCc2ccccc2Cl)cc1Br. The topological polar surface area (TPSA) is 44.7 Å². The lowest BCUT2D eigenvalue weighted by molar-refractivity contribution is -0.118. The zero-order chi connectivity index (χ0) is 18.2. The van der Waals surface area contributed by atoms with Crippen LogP contribution < -0.4 is 10.3 Å². The number of benzene rings is 2. The Bertz CT molecular complexity index is 768. The van der Waals surface area contributed by atoms with Gasteiger partial charge in [-0.3, -0.25) is 4.79 Å². The molecule has 1 N–H and O–H groups in total. The first-order valence-electron chi connectivity index (χ1n) is 7.57. The van der Waals surface area contributed by atoms with E-state index in [1.807, 2.05) is 61.5 Å². The van der Waals surface area contributed by atoms with Crippen molar-refractivity contribution >= 4 is 57.1 Å². The van der Waals surface area contributed by atoms with Gasteiger partial charge < -0.3 is 4.90 Å². The molecule has 0 spiro atoms. The summed E-state index contributed by atoms with van der Waals surface area (Å²) in [5.41, 5.74) is 5.55. The number of rotatable bonds is 7. The Hall–Kier alpha value is -1.50. The van der Waals surface area contributed by atoms with Gasteiger partial charge in [-0.05, 0) is 45.3 Å². The van der Waals surface area contributed by atoms with Crippen molar-refractivity contribution in [1.29, 1.82) is 0 Å². The number of nitrogens with zero attached hydrogens (tertiary/aromatic N) is 2. The fraction of sp³-hybridized carbons (Fsp3) is 0.222. The minimum absolute atomic E-state index is 0.141. The van der Waals surface area contributed by atoms with Gasteiger partial charge in [-0.2, -0.15) is 5.10 Å². The van der Waals surface area contributed by atoms with Crippen LogP contribution in [0.3, 0.4) is 0 Å². The Morgan fingerprint density at radius 1 is 1.32 bits per heavy atom. The van der Waals surface area contributed by atoms with E-state index in [1.165, 1.54) is 11.8 Å². The quantitative estimate of drug-likeness (QED) is 0.507. The largest absolute Gasteiger partial charge is 0.377 e. The Labute approximate surface area is 165 Å². The van der Waals surface area contributed by atoms with E-state index in [1.54, 1.807) is 6.21 Å². The number of anilines is 1. The number of hydrogen-bond donors (Lipinski definition) is 1. The number of nitrogens with one attached hydrogen (secondary N) is 1. The first-order chi connectivity index (χ1) is 12.0. The van der Waals surface area contributed by atoms with E-state index in [2.05, 4.69) is 26.5 Å². The molecular formula is C18H19BrClN3OS. The summed E-state index contributed by atoms with van der Waals surface area (Å²) in [5.74, 6) is 0.874. The van der Waals surface area contributed by atoms with Crippen LogP contribution in [0, 0.1) is 0 Å². The minimum atomic E-state index is -0.141. The molecule has 0 aliphatic rings. The van der Waals surface area contributed by atoms with Gasteiger partial charge in [-0.1, -0.05) is 35.9 Å². The molecule has 132 valence electrons. The standard InChI is InChI=1S/C18H19BrClN3OS/c1-23(2)17-8-7-13(9-15(17)19)10-21-22-18(24)12-25-11-14-5-3-4-6-16(14)20/h3-10H,11-12H2,1-2H3,(H,22,24)/b21-10-. The van der Waals surface area contributed by atoms with E-state index in [0.717, 1.165) is 26.3 Å². The van der Waals surface area contributed by atoms with Gasteiger partial charge in [0.2, 0.25) is 5.91 Å². The molecule has 25 heavy (non-hydrogen) atoms. The van der Waals surface area contributed by atoms with Gasteiger partial charge in [0.05, 0.1) is 17.7 Å². The van der Waals surface area contributed by atoms with Crippen molar-refractivity contribution in [3.05, 3.63) is 63.1 Å². The molecular weight excluding hydrogens is 422 g/mol. The zero-order valence-electron chi connectivity index (χ0n) is 14.0. The van der Waals surface area contributed by atoms with Crippen LogP contribution in [0.4, 0.5) is 5.69 Å². The summed E-state index contributed by atoms with van der Waals surface area (Å²) in [4.78, 5) is 13.8. The Kier molecular flexibility index (Phi) is 7.81. The minimum Gasteiger partial charge on any atom is -0.377 e. The summed E-state index contributed by atoms with van der Waals surface area (Å²) in [7, 11) is 3.96. The summed E-state index contributed by atoms with van der Waals surface area (Å²) in [5, 5.41) is 4.72. The van der Waals surface area contributed by atoms with Gasteiger partial charge in [0.1, 0.15) is 0 Å². The average Bonchev–Trinajstić information content (AvgIpc) is 2.56. The zero-order valence-corrected chi connectivity index (χ0v) is 17.2. The molecule has 7 heteroatoms. The van der Waals surface area contributed by atoms with Crippen LogP contribution in [0.15, 0.2) is 52.0 Å². The van der Waals surface area contributed by atoms with E-state index in [0.29, 0.717) is 11.5 Å². The summed E-state index contributed by atoms with van der Waals surface area (Å²) >= 11 is 11.1. The van der Waals surface area contributed by atoms with Crippen LogP contribution in [0.2, 0.25) is 5.02 Å². The number of carbonyl (C=O) groups is 1. The smallest absolute Gasteiger partial charge is 0.250 e. The fourth-order valence-electron chi connectivity index (χ4n) is 2.05. The molecule has 4 nitrogen and oxygen atoms in total. The van der Waals surface area contributed by atoms with Gasteiger partial charge in [0.25, 0.3) is 0 Å². The molecule has 0 radical (unpaired) electrons. The van der Waals surface area contributed by atoms with Crippen molar-refractivity contribution in [3.8, 4) is 0 Å². The maximum Gasteiger partial charge on any atom is 0.250 e. The number of amides is 1. The van der Waals surface area contributed by atoms with Crippen LogP contribution in [0.1, 0.15) is 11.1 Å². The maximum absolute atomic E-state index is 11.8. The number of hydrazone groups is 1. The van der Waals surface area contributed by atoms with Crippen LogP contribution in [-0.4, -0.2) is 32.0 Å². The molecule has 0 aromatic heterocycles. The summed E-state index contributed by atoms with van der Waals surface area (Å²) in [6, 6.07) is 13.5. The van der Waals surface area contributed by atoms with E-state index < -0.39 is 0 Å². The van der Waals surface area contributed by atoms with Gasteiger partial charge in [-0.15, -0.1) is 11.8 Å². The van der Waals surface area contributed by atoms with Crippen molar-refractivity contribution in [2.45, 2.75) is 5.75 Å². The normalized spacial score (nSPS) is 10.9. The Balaban J connectivity index is 1.79. The Morgan fingerprint density at radius 3 is 2.76 bits per heavy atom. The monoisotopic (exact) mass is 439 g/mol. The third-order valence-corrected chi connectivity index (χ3v) is 5.29. The Morgan fingerprint density at radius 2 is 2.08 bits per heavy atom. The molecule has 0 bridgehead atoms. The predicted molar refractivity (Wildman–Crippen MR) is 112 cm³/mol. The van der Waals surface area contributed by atoms with E-state index in [-0.39, 0.29) is 5.91 Å². The second-order valence-electron chi connectivity index (χ2n) is 5.48. The molecule has 0 saturated carbocycles. The van der Waals surface area contributed by atoms with Crippen molar-refractivity contribution < 1.29 is 4.79 Å². The van der Waals surface area contributed by atoms with Crippen LogP contribution in [-0.2, 0) is 10.5 Å². The number of carbonyl (C=O) groups excluding carboxylic acids is 1. The van der Waals surface area contributed by atoms with Crippen LogP contribution in [0.25, 0.3) is 0 Å². The highest BCUT2D eigenvalue weighted by Gasteiger charge is 2.04. The maximum atomic E-state index is 11.8. The molecule has 2 rings (SSSR count). The molecule has 2 aromatic rings. The lowest BCUT2D eigenvalue weighted by atomic mass is 10.2. The number of hydrogen-bond acceptors (Lipinski definition) is 4. The molecule has 1 amide bonds. The fourth-order valence-corrected chi connectivity index (χ4v) is 3.90. The molecule has 2 aromatic carbocycles. The molecule has 0 heterocycles. The van der Waals surface area contributed by atoms with Crippen molar-refractivity contribution in [3.63, 3.8) is 0 Å². The first kappa shape index (κ1) is 19.8. The highest BCUT2D eigenvalue weighted by Crippen LogP contribution is 2.25. The third kappa shape index (κ3) is 6.38. The highest BCUT2D eigenvalue weighted by molar-refractivity contribution is 9.10. The molecule has 0 fully saturated rings. The average molecular weight is 441 g/mol. The van der Waals surface area contributed by atoms with E-state index >= 15 is 0 Å².